The molecule has 152 valence electrons. The van der Waals surface area contributed by atoms with Gasteiger partial charge in [0.05, 0.1) is 29.9 Å². The summed E-state index contributed by atoms with van der Waals surface area (Å²) in [7, 11) is 2.96. The van der Waals surface area contributed by atoms with Crippen molar-refractivity contribution >= 4 is 45.9 Å². The number of nitrogens with zero attached hydrogens (tertiary/aromatic N) is 3. The molecule has 0 fully saturated rings. The van der Waals surface area contributed by atoms with Crippen molar-refractivity contribution in [2.45, 2.75) is 6.42 Å². The minimum Gasteiger partial charge on any atom is -0.495 e. The van der Waals surface area contributed by atoms with E-state index in [4.69, 9.17) is 21.1 Å². The van der Waals surface area contributed by atoms with Crippen molar-refractivity contribution in [1.82, 2.24) is 9.97 Å². The highest BCUT2D eigenvalue weighted by Gasteiger charge is 2.24. The van der Waals surface area contributed by atoms with Gasteiger partial charge < -0.3 is 20.1 Å². The van der Waals surface area contributed by atoms with E-state index in [1.54, 1.807) is 23.5 Å². The zero-order valence-electron chi connectivity index (χ0n) is 15.6. The van der Waals surface area contributed by atoms with Crippen LogP contribution in [0.25, 0.3) is 0 Å². The summed E-state index contributed by atoms with van der Waals surface area (Å²) in [4.78, 5) is 20.4. The van der Waals surface area contributed by atoms with Crippen LogP contribution in [0.4, 0.5) is 23.0 Å². The molecule has 3 rings (SSSR count). The molecule has 0 unspecified atom stereocenters. The lowest BCUT2D eigenvalue weighted by atomic mass is 10.2. The number of benzene rings is 1. The lowest BCUT2D eigenvalue weighted by Crippen LogP contribution is -2.10. The van der Waals surface area contributed by atoms with Crippen molar-refractivity contribution in [3.05, 3.63) is 56.0 Å². The van der Waals surface area contributed by atoms with Crippen molar-refractivity contribution < 1.29 is 14.4 Å². The molecule has 9 nitrogen and oxygen atoms in total. The summed E-state index contributed by atoms with van der Waals surface area (Å²) in [6.45, 7) is 0.496. The van der Waals surface area contributed by atoms with Gasteiger partial charge in [0.15, 0.2) is 0 Å². The summed E-state index contributed by atoms with van der Waals surface area (Å²) in [5.41, 5.74) is 0.136. The molecule has 0 bridgehead atoms. The third-order valence-electron chi connectivity index (χ3n) is 3.98. The number of nitro groups is 1. The molecule has 0 atom stereocenters. The van der Waals surface area contributed by atoms with Crippen molar-refractivity contribution in [2.75, 3.05) is 31.4 Å². The fourth-order valence-electron chi connectivity index (χ4n) is 2.62. The Hall–Kier alpha value is -3.11. The molecular formula is C18H18ClN5O4S. The highest BCUT2D eigenvalue weighted by molar-refractivity contribution is 7.09. The van der Waals surface area contributed by atoms with Gasteiger partial charge in [0.25, 0.3) is 0 Å². The van der Waals surface area contributed by atoms with Crippen LogP contribution in [0.3, 0.4) is 0 Å². The second-order valence-electron chi connectivity index (χ2n) is 5.74. The summed E-state index contributed by atoms with van der Waals surface area (Å²) < 4.78 is 10.5. The van der Waals surface area contributed by atoms with Crippen LogP contribution in [-0.4, -0.2) is 35.7 Å². The van der Waals surface area contributed by atoms with Gasteiger partial charge in [-0.1, -0.05) is 17.7 Å². The van der Waals surface area contributed by atoms with Gasteiger partial charge in [-0.05, 0) is 23.9 Å². The van der Waals surface area contributed by atoms with E-state index in [1.165, 1.54) is 25.4 Å². The van der Waals surface area contributed by atoms with Crippen LogP contribution in [0.15, 0.2) is 36.0 Å². The molecule has 2 heterocycles. The Balaban J connectivity index is 1.87. The van der Waals surface area contributed by atoms with Crippen LogP contribution in [0.1, 0.15) is 4.88 Å². The average molecular weight is 436 g/mol. The van der Waals surface area contributed by atoms with E-state index in [0.29, 0.717) is 28.8 Å². The normalized spacial score (nSPS) is 10.4. The van der Waals surface area contributed by atoms with Gasteiger partial charge in [-0.15, -0.1) is 11.3 Å². The van der Waals surface area contributed by atoms with E-state index in [-0.39, 0.29) is 17.3 Å². The van der Waals surface area contributed by atoms with E-state index >= 15 is 0 Å². The van der Waals surface area contributed by atoms with E-state index in [1.807, 2.05) is 17.5 Å². The predicted molar refractivity (Wildman–Crippen MR) is 113 cm³/mol. The molecule has 0 radical (unpaired) electrons. The maximum Gasteiger partial charge on any atom is 0.353 e. The van der Waals surface area contributed by atoms with Gasteiger partial charge in [-0.3, -0.25) is 10.1 Å². The van der Waals surface area contributed by atoms with Crippen LogP contribution >= 0.6 is 22.9 Å². The Bertz CT molecular complexity index is 1000. The third-order valence-corrected chi connectivity index (χ3v) is 5.21. The fourth-order valence-corrected chi connectivity index (χ4v) is 3.57. The first-order valence-corrected chi connectivity index (χ1v) is 9.73. The maximum absolute atomic E-state index is 11.7. The first-order valence-electron chi connectivity index (χ1n) is 8.47. The zero-order valence-corrected chi connectivity index (χ0v) is 17.2. The molecule has 0 amide bonds. The summed E-state index contributed by atoms with van der Waals surface area (Å²) >= 11 is 7.80. The summed E-state index contributed by atoms with van der Waals surface area (Å²) in [6, 6.07) is 7.10. The number of anilines is 3. The maximum atomic E-state index is 11.7. The van der Waals surface area contributed by atoms with Crippen molar-refractivity contribution in [3.8, 4) is 11.5 Å². The molecule has 0 aliphatic rings. The van der Waals surface area contributed by atoms with Crippen LogP contribution < -0.4 is 20.1 Å². The van der Waals surface area contributed by atoms with E-state index < -0.39 is 4.92 Å². The number of nitrogens with one attached hydrogen (secondary N) is 2. The summed E-state index contributed by atoms with van der Waals surface area (Å²) in [5.74, 6) is 0.958. The molecule has 0 aliphatic heterocycles. The van der Waals surface area contributed by atoms with E-state index in [9.17, 15) is 10.1 Å². The van der Waals surface area contributed by atoms with Crippen molar-refractivity contribution in [1.29, 1.82) is 0 Å². The van der Waals surface area contributed by atoms with Crippen LogP contribution in [-0.2, 0) is 6.42 Å². The lowest BCUT2D eigenvalue weighted by Gasteiger charge is -2.14. The van der Waals surface area contributed by atoms with Gasteiger partial charge >= 0.3 is 5.69 Å². The molecule has 11 heteroatoms. The minimum absolute atomic E-state index is 0.0168. The summed E-state index contributed by atoms with van der Waals surface area (Å²) in [6.07, 6.45) is 1.98. The number of hydrogen-bond donors (Lipinski definition) is 2. The monoisotopic (exact) mass is 435 g/mol. The second-order valence-corrected chi connectivity index (χ2v) is 7.18. The Morgan fingerprint density at radius 3 is 2.62 bits per heavy atom. The second kappa shape index (κ2) is 9.39. The van der Waals surface area contributed by atoms with Crippen LogP contribution in [0.5, 0.6) is 11.5 Å². The number of halogens is 1. The highest BCUT2D eigenvalue weighted by Crippen LogP contribution is 2.39. The molecule has 0 spiro atoms. The molecule has 0 saturated heterocycles. The highest BCUT2D eigenvalue weighted by atomic mass is 35.5. The van der Waals surface area contributed by atoms with Crippen LogP contribution in [0.2, 0.25) is 5.02 Å². The largest absolute Gasteiger partial charge is 0.495 e. The number of hydrogen-bond acceptors (Lipinski definition) is 9. The Morgan fingerprint density at radius 2 is 1.97 bits per heavy atom. The Labute approximate surface area is 175 Å². The number of aromatic nitrogens is 2. The van der Waals surface area contributed by atoms with Gasteiger partial charge in [0.2, 0.25) is 11.6 Å². The van der Waals surface area contributed by atoms with E-state index in [2.05, 4.69) is 20.6 Å². The number of rotatable bonds is 9. The zero-order chi connectivity index (χ0) is 20.8. The molecule has 2 N–H and O–H groups in total. The topological polar surface area (TPSA) is 111 Å². The van der Waals surface area contributed by atoms with Crippen molar-refractivity contribution in [3.63, 3.8) is 0 Å². The molecule has 3 aromatic rings. The molecule has 1 aromatic carbocycles. The quantitative estimate of drug-likeness (QED) is 0.373. The molecule has 0 aliphatic carbocycles. The van der Waals surface area contributed by atoms with Gasteiger partial charge in [0.1, 0.15) is 17.8 Å². The number of thiophene rings is 1. The Kier molecular flexibility index (Phi) is 6.68. The SMILES string of the molecule is COc1cc(OC)c(Nc2ncnc(NCCc3cccs3)c2[N+](=O)[O-])cc1Cl. The minimum atomic E-state index is -0.534. The van der Waals surface area contributed by atoms with E-state index in [0.717, 1.165) is 6.42 Å². The lowest BCUT2D eigenvalue weighted by molar-refractivity contribution is -0.383. The predicted octanol–water partition coefficient (Wildman–Crippen LogP) is 4.52. The first kappa shape index (κ1) is 20.6. The standard InChI is InChI=1S/C18H18ClN5O4S/c1-27-14-9-15(28-2)13(8-12(14)19)23-18-16(24(25)26)17(21-10-22-18)20-6-5-11-4-3-7-29-11/h3-4,7-10H,5-6H2,1-2H3,(H2,20,21,22,23). The number of ether oxygens (including phenoxy) is 2. The molecular weight excluding hydrogens is 418 g/mol. The van der Waals surface area contributed by atoms with Gasteiger partial charge in [-0.25, -0.2) is 9.97 Å². The Morgan fingerprint density at radius 1 is 1.21 bits per heavy atom. The number of methoxy groups -OCH3 is 2. The molecule has 2 aromatic heterocycles. The third kappa shape index (κ3) is 4.84. The first-order chi connectivity index (χ1) is 14.0. The summed E-state index contributed by atoms with van der Waals surface area (Å²) in [5, 5.41) is 19.9. The fraction of sp³-hybridized carbons (Fsp3) is 0.222. The molecule has 29 heavy (non-hydrogen) atoms. The van der Waals surface area contributed by atoms with Crippen LogP contribution in [0, 0.1) is 10.1 Å². The molecule has 0 saturated carbocycles. The van der Waals surface area contributed by atoms with Gasteiger partial charge in [0, 0.05) is 17.5 Å². The van der Waals surface area contributed by atoms with Gasteiger partial charge in [-0.2, -0.15) is 0 Å². The van der Waals surface area contributed by atoms with Crippen molar-refractivity contribution in [2.24, 2.45) is 0 Å². The smallest absolute Gasteiger partial charge is 0.353 e. The average Bonchev–Trinajstić information content (AvgIpc) is 3.21.